The van der Waals surface area contributed by atoms with Gasteiger partial charge in [0.1, 0.15) is 12.4 Å². The molecule has 0 radical (unpaired) electrons. The number of nitrogens with one attached hydrogen (secondary N) is 2. The van der Waals surface area contributed by atoms with Crippen LogP contribution in [0, 0.1) is 5.82 Å². The molecule has 0 aliphatic rings. The second-order valence-electron chi connectivity index (χ2n) is 5.60. The van der Waals surface area contributed by atoms with Gasteiger partial charge >= 0.3 is 0 Å². The minimum absolute atomic E-state index is 0.0901. The summed E-state index contributed by atoms with van der Waals surface area (Å²) in [6, 6.07) is 10.7. The van der Waals surface area contributed by atoms with Gasteiger partial charge in [0.15, 0.2) is 0 Å². The van der Waals surface area contributed by atoms with E-state index in [1.807, 2.05) is 0 Å². The molecule has 0 aliphatic carbocycles. The first-order valence-electron chi connectivity index (χ1n) is 7.75. The van der Waals surface area contributed by atoms with Crippen molar-refractivity contribution in [2.45, 2.75) is 13.5 Å². The highest BCUT2D eigenvalue weighted by atomic mass is 19.1. The quantitative estimate of drug-likeness (QED) is 0.751. The number of carbonyl (C=O) groups excluding carboxylic acids is 2. The topological polar surface area (TPSA) is 93.1 Å². The van der Waals surface area contributed by atoms with E-state index in [4.69, 9.17) is 0 Å². The Morgan fingerprint density at radius 3 is 2.69 bits per heavy atom. The summed E-state index contributed by atoms with van der Waals surface area (Å²) in [6.07, 6.45) is 1.13. The monoisotopic (exact) mass is 354 g/mol. The van der Waals surface area contributed by atoms with Gasteiger partial charge in [0.25, 0.3) is 5.56 Å². The average Bonchev–Trinajstić information content (AvgIpc) is 2.60. The van der Waals surface area contributed by atoms with E-state index < -0.39 is 17.3 Å². The van der Waals surface area contributed by atoms with E-state index in [2.05, 4.69) is 15.6 Å². The zero-order chi connectivity index (χ0) is 18.7. The number of fused-ring (bicyclic) bond motifs is 1. The van der Waals surface area contributed by atoms with E-state index in [1.54, 1.807) is 24.3 Å². The Morgan fingerprint density at radius 1 is 1.15 bits per heavy atom. The van der Waals surface area contributed by atoms with Gasteiger partial charge in [-0.15, -0.1) is 0 Å². The molecule has 7 nitrogen and oxygen atoms in total. The van der Waals surface area contributed by atoms with E-state index in [-0.39, 0.29) is 18.1 Å². The van der Waals surface area contributed by atoms with Crippen LogP contribution in [-0.2, 0) is 16.1 Å². The van der Waals surface area contributed by atoms with Crippen molar-refractivity contribution in [1.29, 1.82) is 0 Å². The zero-order valence-corrected chi connectivity index (χ0v) is 13.8. The minimum atomic E-state index is -0.653. The summed E-state index contributed by atoms with van der Waals surface area (Å²) in [5, 5.41) is 4.93. The molecule has 3 rings (SSSR count). The molecule has 132 valence electrons. The highest BCUT2D eigenvalue weighted by Crippen LogP contribution is 2.20. The van der Waals surface area contributed by atoms with Crippen molar-refractivity contribution in [2.24, 2.45) is 0 Å². The number of nitrogens with zero attached hydrogens (tertiary/aromatic N) is 2. The van der Waals surface area contributed by atoms with E-state index in [9.17, 15) is 18.8 Å². The molecule has 26 heavy (non-hydrogen) atoms. The molecule has 1 heterocycles. The lowest BCUT2D eigenvalue weighted by atomic mass is 10.2. The second kappa shape index (κ2) is 7.14. The Hall–Kier alpha value is -3.55. The minimum Gasteiger partial charge on any atom is -0.326 e. The van der Waals surface area contributed by atoms with Gasteiger partial charge in [-0.05, 0) is 30.3 Å². The highest BCUT2D eigenvalue weighted by Gasteiger charge is 2.12. The van der Waals surface area contributed by atoms with Gasteiger partial charge in [0, 0.05) is 12.6 Å². The average molecular weight is 354 g/mol. The maximum atomic E-state index is 13.9. The molecule has 2 amide bonds. The van der Waals surface area contributed by atoms with Crippen molar-refractivity contribution in [3.8, 4) is 0 Å². The van der Waals surface area contributed by atoms with Crippen LogP contribution in [0.15, 0.2) is 53.5 Å². The number of halogens is 1. The van der Waals surface area contributed by atoms with Crippen LogP contribution in [0.4, 0.5) is 15.8 Å². The molecule has 2 aromatic carbocycles. The molecule has 0 aliphatic heterocycles. The van der Waals surface area contributed by atoms with Crippen molar-refractivity contribution < 1.29 is 14.0 Å². The predicted molar refractivity (Wildman–Crippen MR) is 95.3 cm³/mol. The summed E-state index contributed by atoms with van der Waals surface area (Å²) in [5.41, 5.74) is 0.890. The Kier molecular flexibility index (Phi) is 4.74. The van der Waals surface area contributed by atoms with Crippen molar-refractivity contribution in [1.82, 2.24) is 9.55 Å². The first-order chi connectivity index (χ1) is 12.4. The summed E-state index contributed by atoms with van der Waals surface area (Å²) in [7, 11) is 0. The van der Waals surface area contributed by atoms with E-state index >= 15 is 0 Å². The summed E-state index contributed by atoms with van der Waals surface area (Å²) >= 11 is 0. The third kappa shape index (κ3) is 3.75. The van der Waals surface area contributed by atoms with Crippen molar-refractivity contribution in [3.63, 3.8) is 0 Å². The fourth-order valence-corrected chi connectivity index (χ4v) is 2.51. The van der Waals surface area contributed by atoms with Gasteiger partial charge in [-0.25, -0.2) is 9.37 Å². The van der Waals surface area contributed by atoms with E-state index in [1.165, 1.54) is 23.6 Å². The van der Waals surface area contributed by atoms with Gasteiger partial charge in [-0.3, -0.25) is 19.0 Å². The van der Waals surface area contributed by atoms with Crippen LogP contribution in [0.25, 0.3) is 11.0 Å². The molecule has 0 unspecified atom stereocenters. The molecule has 0 spiro atoms. The highest BCUT2D eigenvalue weighted by molar-refractivity contribution is 5.94. The van der Waals surface area contributed by atoms with Crippen LogP contribution < -0.4 is 16.2 Å². The molecule has 0 bridgehead atoms. The second-order valence-corrected chi connectivity index (χ2v) is 5.60. The standard InChI is InChI=1S/C18H15FN4O3/c1-11(24)21-12-6-7-13(19)15(8-12)22-17(25)10-23-16-5-3-2-4-14(16)20-9-18(23)26/h2-9H,10H2,1H3,(H,21,24)(H,22,25). The molecule has 0 fully saturated rings. The number of rotatable bonds is 4. The van der Waals surface area contributed by atoms with Crippen LogP contribution in [0.1, 0.15) is 6.92 Å². The number of para-hydroxylation sites is 2. The molecule has 0 atom stereocenters. The van der Waals surface area contributed by atoms with Crippen LogP contribution in [0.3, 0.4) is 0 Å². The Labute approximate surface area is 147 Å². The van der Waals surface area contributed by atoms with Gasteiger partial charge < -0.3 is 10.6 Å². The SMILES string of the molecule is CC(=O)Nc1ccc(F)c(NC(=O)Cn2c(=O)cnc3ccccc32)c1. The lowest BCUT2D eigenvalue weighted by molar-refractivity contribution is -0.117. The van der Waals surface area contributed by atoms with Crippen molar-refractivity contribution in [3.05, 3.63) is 64.8 Å². The Balaban J connectivity index is 1.85. The maximum Gasteiger partial charge on any atom is 0.269 e. The number of anilines is 2. The van der Waals surface area contributed by atoms with Gasteiger partial charge in [-0.1, -0.05) is 12.1 Å². The number of amides is 2. The Bertz CT molecular complexity index is 1060. The molecule has 0 saturated carbocycles. The summed E-state index contributed by atoms with van der Waals surface area (Å²) in [4.78, 5) is 39.5. The largest absolute Gasteiger partial charge is 0.326 e. The molecular formula is C18H15FN4O3. The van der Waals surface area contributed by atoms with E-state index in [0.29, 0.717) is 16.7 Å². The normalized spacial score (nSPS) is 10.5. The molecule has 1 aromatic heterocycles. The van der Waals surface area contributed by atoms with Crippen LogP contribution >= 0.6 is 0 Å². The molecule has 3 aromatic rings. The van der Waals surface area contributed by atoms with Crippen molar-refractivity contribution >= 4 is 34.2 Å². The molecular weight excluding hydrogens is 339 g/mol. The summed E-state index contributed by atoms with van der Waals surface area (Å²) in [5.74, 6) is -1.55. The summed E-state index contributed by atoms with van der Waals surface area (Å²) < 4.78 is 15.2. The lowest BCUT2D eigenvalue weighted by Gasteiger charge is -2.11. The van der Waals surface area contributed by atoms with Gasteiger partial charge in [0.2, 0.25) is 11.8 Å². The number of carbonyl (C=O) groups is 2. The third-order valence-electron chi connectivity index (χ3n) is 3.62. The van der Waals surface area contributed by atoms with Gasteiger partial charge in [-0.2, -0.15) is 0 Å². The van der Waals surface area contributed by atoms with Crippen LogP contribution in [-0.4, -0.2) is 21.4 Å². The Morgan fingerprint density at radius 2 is 1.92 bits per heavy atom. The number of hydrogen-bond donors (Lipinski definition) is 2. The zero-order valence-electron chi connectivity index (χ0n) is 13.8. The lowest BCUT2D eigenvalue weighted by Crippen LogP contribution is -2.28. The number of hydrogen-bond acceptors (Lipinski definition) is 4. The van der Waals surface area contributed by atoms with Crippen molar-refractivity contribution in [2.75, 3.05) is 10.6 Å². The third-order valence-corrected chi connectivity index (χ3v) is 3.62. The molecule has 2 N–H and O–H groups in total. The first-order valence-corrected chi connectivity index (χ1v) is 7.75. The fraction of sp³-hybridized carbons (Fsp3) is 0.111. The van der Waals surface area contributed by atoms with Gasteiger partial charge in [0.05, 0.1) is 22.9 Å². The molecule has 0 saturated heterocycles. The van der Waals surface area contributed by atoms with Crippen LogP contribution in [0.5, 0.6) is 0 Å². The molecule has 8 heteroatoms. The van der Waals surface area contributed by atoms with E-state index in [0.717, 1.165) is 12.3 Å². The maximum absolute atomic E-state index is 13.9. The van der Waals surface area contributed by atoms with Crippen LogP contribution in [0.2, 0.25) is 0 Å². The number of aromatic nitrogens is 2. The predicted octanol–water partition coefficient (Wildman–Crippen LogP) is 2.13. The smallest absolute Gasteiger partial charge is 0.269 e. The summed E-state index contributed by atoms with van der Waals surface area (Å²) in [6.45, 7) is 1.02. The fourth-order valence-electron chi connectivity index (χ4n) is 2.51. The number of benzene rings is 2. The first kappa shape index (κ1) is 17.3.